The van der Waals surface area contributed by atoms with Crippen molar-refractivity contribution in [3.8, 4) is 0 Å². The number of ether oxygens (including phenoxy) is 2. The summed E-state index contributed by atoms with van der Waals surface area (Å²) in [6, 6.07) is 0. The van der Waals surface area contributed by atoms with E-state index in [1.165, 1.54) is 0 Å². The van der Waals surface area contributed by atoms with Crippen LogP contribution in [0.2, 0.25) is 0 Å². The van der Waals surface area contributed by atoms with E-state index in [1.807, 2.05) is 41.5 Å². The van der Waals surface area contributed by atoms with E-state index < -0.39 is 6.29 Å². The lowest BCUT2D eigenvalue weighted by Gasteiger charge is -2.40. The van der Waals surface area contributed by atoms with E-state index in [1.54, 1.807) is 0 Å². The van der Waals surface area contributed by atoms with Crippen molar-refractivity contribution in [2.75, 3.05) is 0 Å². The molecule has 88 valence electrons. The first-order valence-electron chi connectivity index (χ1n) is 5.59. The SMILES string of the molecule is CC(C)[C@H]1C(=O)O[C@H](C(C)(C)C)O[C@@H]1C. The lowest BCUT2D eigenvalue weighted by atomic mass is 9.88. The zero-order chi connectivity index (χ0) is 11.8. The molecule has 0 amide bonds. The van der Waals surface area contributed by atoms with Gasteiger partial charge in [-0.2, -0.15) is 0 Å². The molecule has 0 N–H and O–H groups in total. The predicted octanol–water partition coefficient (Wildman–Crippen LogP) is 2.59. The summed E-state index contributed by atoms with van der Waals surface area (Å²) < 4.78 is 11.1. The van der Waals surface area contributed by atoms with Gasteiger partial charge >= 0.3 is 5.97 Å². The van der Waals surface area contributed by atoms with Gasteiger partial charge in [-0.05, 0) is 12.8 Å². The molecule has 0 aromatic heterocycles. The number of rotatable bonds is 1. The molecule has 0 unspecified atom stereocenters. The Labute approximate surface area is 92.1 Å². The van der Waals surface area contributed by atoms with E-state index in [-0.39, 0.29) is 29.3 Å². The molecule has 1 rings (SSSR count). The fourth-order valence-electron chi connectivity index (χ4n) is 1.88. The van der Waals surface area contributed by atoms with E-state index in [2.05, 4.69) is 0 Å². The molecule has 3 nitrogen and oxygen atoms in total. The molecule has 0 aromatic carbocycles. The maximum atomic E-state index is 11.8. The third-order valence-electron chi connectivity index (χ3n) is 2.76. The molecule has 1 heterocycles. The Hall–Kier alpha value is -0.570. The van der Waals surface area contributed by atoms with Gasteiger partial charge in [0.25, 0.3) is 0 Å². The first-order chi connectivity index (χ1) is 6.73. The fourth-order valence-corrected chi connectivity index (χ4v) is 1.88. The van der Waals surface area contributed by atoms with E-state index in [0.29, 0.717) is 0 Å². The molecule has 0 aliphatic carbocycles. The van der Waals surface area contributed by atoms with Gasteiger partial charge in [0.05, 0.1) is 12.0 Å². The van der Waals surface area contributed by atoms with Crippen molar-refractivity contribution in [2.45, 2.75) is 53.9 Å². The van der Waals surface area contributed by atoms with Crippen molar-refractivity contribution >= 4 is 5.97 Å². The molecule has 3 atom stereocenters. The maximum Gasteiger partial charge on any atom is 0.314 e. The summed E-state index contributed by atoms with van der Waals surface area (Å²) in [5, 5.41) is 0. The number of cyclic esters (lactones) is 1. The number of carbonyl (C=O) groups is 1. The lowest BCUT2D eigenvalue weighted by Crippen LogP contribution is -2.48. The van der Waals surface area contributed by atoms with Crippen molar-refractivity contribution in [2.24, 2.45) is 17.3 Å². The van der Waals surface area contributed by atoms with Crippen molar-refractivity contribution in [3.05, 3.63) is 0 Å². The third kappa shape index (κ3) is 2.71. The number of hydrogen-bond acceptors (Lipinski definition) is 3. The Morgan fingerprint density at radius 3 is 2.13 bits per heavy atom. The molecular weight excluding hydrogens is 192 g/mol. The zero-order valence-electron chi connectivity index (χ0n) is 10.5. The second-order valence-electron chi connectivity index (χ2n) is 5.75. The van der Waals surface area contributed by atoms with Crippen molar-refractivity contribution < 1.29 is 14.3 Å². The van der Waals surface area contributed by atoms with Gasteiger partial charge in [0.2, 0.25) is 6.29 Å². The van der Waals surface area contributed by atoms with E-state index in [9.17, 15) is 4.79 Å². The summed E-state index contributed by atoms with van der Waals surface area (Å²) in [5.74, 6) is 0.000642. The average molecular weight is 214 g/mol. The highest BCUT2D eigenvalue weighted by Crippen LogP contribution is 2.33. The van der Waals surface area contributed by atoms with Crippen LogP contribution in [0.4, 0.5) is 0 Å². The molecule has 0 saturated carbocycles. The van der Waals surface area contributed by atoms with Gasteiger partial charge in [-0.1, -0.05) is 34.6 Å². The first-order valence-corrected chi connectivity index (χ1v) is 5.59. The standard InChI is InChI=1S/C12H22O3/c1-7(2)9-8(3)14-11(12(4,5)6)15-10(9)13/h7-9,11H,1-6H3/t8-,9-,11-/m1/s1. The van der Waals surface area contributed by atoms with Crippen LogP contribution in [0.5, 0.6) is 0 Å². The number of esters is 1. The van der Waals surface area contributed by atoms with Gasteiger partial charge < -0.3 is 9.47 Å². The molecule has 0 spiro atoms. The van der Waals surface area contributed by atoms with Crippen LogP contribution in [0.15, 0.2) is 0 Å². The molecule has 1 aliphatic heterocycles. The van der Waals surface area contributed by atoms with Gasteiger partial charge in [-0.3, -0.25) is 4.79 Å². The highest BCUT2D eigenvalue weighted by atomic mass is 16.7. The van der Waals surface area contributed by atoms with E-state index in [0.717, 1.165) is 0 Å². The molecule has 0 radical (unpaired) electrons. The van der Waals surface area contributed by atoms with Gasteiger partial charge in [-0.25, -0.2) is 0 Å². The summed E-state index contributed by atoms with van der Waals surface area (Å²) in [4.78, 5) is 11.8. The van der Waals surface area contributed by atoms with Crippen molar-refractivity contribution in [1.29, 1.82) is 0 Å². The summed E-state index contributed by atoms with van der Waals surface area (Å²) >= 11 is 0. The Morgan fingerprint density at radius 2 is 1.80 bits per heavy atom. The van der Waals surface area contributed by atoms with Crippen molar-refractivity contribution in [1.82, 2.24) is 0 Å². The minimum atomic E-state index is -0.421. The van der Waals surface area contributed by atoms with Crippen LogP contribution in [-0.4, -0.2) is 18.4 Å². The second kappa shape index (κ2) is 4.12. The molecule has 0 aromatic rings. The zero-order valence-corrected chi connectivity index (χ0v) is 10.5. The van der Waals surface area contributed by atoms with Crippen LogP contribution < -0.4 is 0 Å². The highest BCUT2D eigenvalue weighted by molar-refractivity contribution is 5.74. The van der Waals surface area contributed by atoms with Crippen LogP contribution in [-0.2, 0) is 14.3 Å². The highest BCUT2D eigenvalue weighted by Gasteiger charge is 2.42. The van der Waals surface area contributed by atoms with Crippen LogP contribution >= 0.6 is 0 Å². The normalized spacial score (nSPS) is 33.0. The maximum absolute atomic E-state index is 11.8. The lowest BCUT2D eigenvalue weighted by molar-refractivity contribution is -0.257. The average Bonchev–Trinajstić information content (AvgIpc) is 1.99. The van der Waals surface area contributed by atoms with Crippen LogP contribution in [0.1, 0.15) is 41.5 Å². The summed E-state index contributed by atoms with van der Waals surface area (Å²) in [5.41, 5.74) is -0.161. The number of carbonyl (C=O) groups excluding carboxylic acids is 1. The minimum absolute atomic E-state index is 0.0597. The fraction of sp³-hybridized carbons (Fsp3) is 0.917. The third-order valence-corrected chi connectivity index (χ3v) is 2.76. The summed E-state index contributed by atoms with van der Waals surface area (Å²) in [6.45, 7) is 12.0. The molecular formula is C12H22O3. The first kappa shape index (κ1) is 12.5. The summed E-state index contributed by atoms with van der Waals surface area (Å²) in [7, 11) is 0. The van der Waals surface area contributed by atoms with E-state index in [4.69, 9.17) is 9.47 Å². The second-order valence-corrected chi connectivity index (χ2v) is 5.75. The predicted molar refractivity (Wildman–Crippen MR) is 58.2 cm³/mol. The monoisotopic (exact) mass is 214 g/mol. The Balaban J connectivity index is 2.76. The van der Waals surface area contributed by atoms with Crippen LogP contribution in [0.3, 0.4) is 0 Å². The molecule has 1 aliphatic rings. The minimum Gasteiger partial charge on any atom is -0.435 e. The Kier molecular flexibility index (Phi) is 3.44. The molecule has 0 bridgehead atoms. The van der Waals surface area contributed by atoms with Gasteiger partial charge in [-0.15, -0.1) is 0 Å². The van der Waals surface area contributed by atoms with Crippen LogP contribution in [0.25, 0.3) is 0 Å². The van der Waals surface area contributed by atoms with Gasteiger partial charge in [0.1, 0.15) is 0 Å². The summed E-state index contributed by atoms with van der Waals surface area (Å²) in [6.07, 6.45) is -0.481. The van der Waals surface area contributed by atoms with E-state index >= 15 is 0 Å². The molecule has 3 heteroatoms. The molecule has 1 saturated heterocycles. The Morgan fingerprint density at radius 1 is 1.27 bits per heavy atom. The number of hydrogen-bond donors (Lipinski definition) is 0. The quantitative estimate of drug-likeness (QED) is 0.629. The van der Waals surface area contributed by atoms with Crippen molar-refractivity contribution in [3.63, 3.8) is 0 Å². The topological polar surface area (TPSA) is 35.5 Å². The van der Waals surface area contributed by atoms with Crippen LogP contribution in [0, 0.1) is 17.3 Å². The Bertz CT molecular complexity index is 240. The molecule has 1 fully saturated rings. The smallest absolute Gasteiger partial charge is 0.314 e. The van der Waals surface area contributed by atoms with Gasteiger partial charge in [0, 0.05) is 5.41 Å². The molecule has 15 heavy (non-hydrogen) atoms. The van der Waals surface area contributed by atoms with Gasteiger partial charge in [0.15, 0.2) is 0 Å². The largest absolute Gasteiger partial charge is 0.435 e.